The first-order valence-corrected chi connectivity index (χ1v) is 8.53. The lowest BCUT2D eigenvalue weighted by Crippen LogP contribution is -2.51. The number of carbonyl (C=O) groups excluding carboxylic acids is 1. The first-order valence-electron chi connectivity index (χ1n) is 8.53. The summed E-state index contributed by atoms with van der Waals surface area (Å²) in [6.45, 7) is 10.7. The van der Waals surface area contributed by atoms with E-state index in [9.17, 15) is 4.79 Å². The molecule has 1 rings (SSSR count). The molecule has 0 saturated carbocycles. The highest BCUT2D eigenvalue weighted by Crippen LogP contribution is 2.24. The Labute approximate surface area is 130 Å². The molecule has 3 atom stereocenters. The first kappa shape index (κ1) is 18.4. The highest BCUT2D eigenvalue weighted by Gasteiger charge is 2.33. The molecule has 0 bridgehead atoms. The number of nitrogens with zero attached hydrogens (tertiary/aromatic N) is 1. The van der Waals surface area contributed by atoms with Gasteiger partial charge in [0.15, 0.2) is 0 Å². The molecule has 4 heteroatoms. The maximum atomic E-state index is 12.1. The number of hydrogen-bond donors (Lipinski definition) is 1. The summed E-state index contributed by atoms with van der Waals surface area (Å²) in [6.07, 6.45) is 6.82. The van der Waals surface area contributed by atoms with E-state index in [1.807, 2.05) is 6.92 Å². The SMILES string of the molecule is CCCNC(C)(CCCN1[C@H](C)CCC[C@@H]1C)C(=O)OC. The molecule has 0 radical (unpaired) electrons. The molecule has 1 heterocycles. The molecule has 0 aromatic heterocycles. The van der Waals surface area contributed by atoms with Crippen LogP contribution in [0.15, 0.2) is 0 Å². The van der Waals surface area contributed by atoms with Crippen molar-refractivity contribution in [3.63, 3.8) is 0 Å². The zero-order chi connectivity index (χ0) is 15.9. The van der Waals surface area contributed by atoms with Gasteiger partial charge < -0.3 is 10.1 Å². The van der Waals surface area contributed by atoms with E-state index >= 15 is 0 Å². The van der Waals surface area contributed by atoms with E-state index in [4.69, 9.17) is 4.74 Å². The summed E-state index contributed by atoms with van der Waals surface area (Å²) in [5.41, 5.74) is -0.549. The molecule has 1 fully saturated rings. The van der Waals surface area contributed by atoms with Gasteiger partial charge in [0.2, 0.25) is 0 Å². The third-order valence-electron chi connectivity index (χ3n) is 4.87. The number of nitrogens with one attached hydrogen (secondary N) is 1. The second-order valence-electron chi connectivity index (χ2n) is 6.72. The molecular formula is C17H34N2O2. The van der Waals surface area contributed by atoms with Crippen LogP contribution >= 0.6 is 0 Å². The summed E-state index contributed by atoms with van der Waals surface area (Å²) in [7, 11) is 1.48. The van der Waals surface area contributed by atoms with Crippen molar-refractivity contribution < 1.29 is 9.53 Å². The molecule has 1 aliphatic heterocycles. The fourth-order valence-corrected chi connectivity index (χ4v) is 3.42. The molecule has 1 aliphatic rings. The minimum Gasteiger partial charge on any atom is -0.468 e. The summed E-state index contributed by atoms with van der Waals surface area (Å²) in [4.78, 5) is 14.7. The summed E-state index contributed by atoms with van der Waals surface area (Å²) in [5.74, 6) is -0.143. The lowest BCUT2D eigenvalue weighted by Gasteiger charge is -2.39. The van der Waals surface area contributed by atoms with Crippen LogP contribution in [0, 0.1) is 0 Å². The molecule has 1 N–H and O–H groups in total. The second kappa shape index (κ2) is 8.74. The van der Waals surface area contributed by atoms with Gasteiger partial charge in [0.25, 0.3) is 0 Å². The van der Waals surface area contributed by atoms with Crippen LogP contribution in [0.4, 0.5) is 0 Å². The van der Waals surface area contributed by atoms with Gasteiger partial charge in [-0.25, -0.2) is 0 Å². The zero-order valence-corrected chi connectivity index (χ0v) is 14.6. The Bertz CT molecular complexity index is 312. The molecule has 1 saturated heterocycles. The number of rotatable bonds is 8. The zero-order valence-electron chi connectivity index (χ0n) is 14.6. The average molecular weight is 298 g/mol. The van der Waals surface area contributed by atoms with Gasteiger partial charge in [-0.2, -0.15) is 0 Å². The van der Waals surface area contributed by atoms with Crippen molar-refractivity contribution >= 4 is 5.97 Å². The van der Waals surface area contributed by atoms with Gasteiger partial charge in [-0.3, -0.25) is 9.69 Å². The van der Waals surface area contributed by atoms with Crippen LogP contribution in [0.2, 0.25) is 0 Å². The molecule has 0 aliphatic carbocycles. The van der Waals surface area contributed by atoms with Crippen molar-refractivity contribution in [3.05, 3.63) is 0 Å². The third kappa shape index (κ3) is 5.26. The molecule has 21 heavy (non-hydrogen) atoms. The van der Waals surface area contributed by atoms with Crippen molar-refractivity contribution in [3.8, 4) is 0 Å². The Morgan fingerprint density at radius 1 is 1.33 bits per heavy atom. The lowest BCUT2D eigenvalue weighted by molar-refractivity contribution is -0.148. The van der Waals surface area contributed by atoms with E-state index in [1.165, 1.54) is 26.4 Å². The fourth-order valence-electron chi connectivity index (χ4n) is 3.42. The summed E-state index contributed by atoms with van der Waals surface area (Å²) in [5, 5.41) is 3.36. The molecule has 0 aromatic rings. The van der Waals surface area contributed by atoms with Crippen molar-refractivity contribution in [2.24, 2.45) is 0 Å². The standard InChI is InChI=1S/C17H34N2O2/c1-6-12-18-17(4,16(20)21-5)11-8-13-19-14(2)9-7-10-15(19)3/h14-15,18H,6-13H2,1-5H3/t14-,15+,17?. The number of methoxy groups -OCH3 is 1. The number of ether oxygens (including phenoxy) is 1. The predicted molar refractivity (Wildman–Crippen MR) is 87.4 cm³/mol. The Hall–Kier alpha value is -0.610. The number of hydrogen-bond acceptors (Lipinski definition) is 4. The quantitative estimate of drug-likeness (QED) is 0.700. The molecule has 4 nitrogen and oxygen atoms in total. The van der Waals surface area contributed by atoms with Gasteiger partial charge in [-0.15, -0.1) is 0 Å². The van der Waals surface area contributed by atoms with Gasteiger partial charge in [-0.05, 0) is 66.0 Å². The number of carbonyl (C=O) groups is 1. The van der Waals surface area contributed by atoms with Crippen molar-refractivity contribution in [2.75, 3.05) is 20.2 Å². The molecule has 0 spiro atoms. The van der Waals surface area contributed by atoms with Crippen molar-refractivity contribution in [1.29, 1.82) is 0 Å². The monoisotopic (exact) mass is 298 g/mol. The van der Waals surface area contributed by atoms with Gasteiger partial charge in [0.05, 0.1) is 7.11 Å². The van der Waals surface area contributed by atoms with Crippen LogP contribution < -0.4 is 5.32 Å². The molecule has 1 unspecified atom stereocenters. The van der Waals surface area contributed by atoms with Crippen LogP contribution in [0.5, 0.6) is 0 Å². The van der Waals surface area contributed by atoms with Gasteiger partial charge in [-0.1, -0.05) is 13.3 Å². The maximum absolute atomic E-state index is 12.1. The fraction of sp³-hybridized carbons (Fsp3) is 0.941. The summed E-state index contributed by atoms with van der Waals surface area (Å²) < 4.78 is 4.98. The minimum atomic E-state index is -0.549. The normalized spacial score (nSPS) is 26.3. The lowest BCUT2D eigenvalue weighted by atomic mass is 9.93. The van der Waals surface area contributed by atoms with Crippen LogP contribution in [0.1, 0.15) is 66.2 Å². The molecule has 0 aromatic carbocycles. The number of esters is 1. The van der Waals surface area contributed by atoms with Crippen LogP contribution in [-0.4, -0.2) is 48.7 Å². The number of piperidine rings is 1. The van der Waals surface area contributed by atoms with Crippen LogP contribution in [0.3, 0.4) is 0 Å². The van der Waals surface area contributed by atoms with E-state index in [0.29, 0.717) is 12.1 Å². The molecule has 124 valence electrons. The Balaban J connectivity index is 2.50. The Morgan fingerprint density at radius 2 is 1.95 bits per heavy atom. The topological polar surface area (TPSA) is 41.6 Å². The minimum absolute atomic E-state index is 0.143. The summed E-state index contributed by atoms with van der Waals surface area (Å²) >= 11 is 0. The predicted octanol–water partition coefficient (Wildman–Crippen LogP) is 2.96. The van der Waals surface area contributed by atoms with Crippen LogP contribution in [0.25, 0.3) is 0 Å². The molecular weight excluding hydrogens is 264 g/mol. The third-order valence-corrected chi connectivity index (χ3v) is 4.87. The molecule has 0 amide bonds. The average Bonchev–Trinajstić information content (AvgIpc) is 2.47. The van der Waals surface area contributed by atoms with Gasteiger partial charge >= 0.3 is 5.97 Å². The number of likely N-dealkylation sites (tertiary alicyclic amines) is 1. The highest BCUT2D eigenvalue weighted by atomic mass is 16.5. The summed E-state index contributed by atoms with van der Waals surface area (Å²) in [6, 6.07) is 1.34. The van der Waals surface area contributed by atoms with Crippen molar-refractivity contribution in [2.45, 2.75) is 83.8 Å². The second-order valence-corrected chi connectivity index (χ2v) is 6.72. The van der Waals surface area contributed by atoms with E-state index in [-0.39, 0.29) is 5.97 Å². The maximum Gasteiger partial charge on any atom is 0.325 e. The first-order chi connectivity index (χ1) is 9.94. The van der Waals surface area contributed by atoms with E-state index < -0.39 is 5.54 Å². The Kier molecular flexibility index (Phi) is 7.67. The van der Waals surface area contributed by atoms with E-state index in [1.54, 1.807) is 0 Å². The van der Waals surface area contributed by atoms with Gasteiger partial charge in [0, 0.05) is 12.1 Å². The van der Waals surface area contributed by atoms with E-state index in [2.05, 4.69) is 31.0 Å². The van der Waals surface area contributed by atoms with Gasteiger partial charge in [0.1, 0.15) is 5.54 Å². The largest absolute Gasteiger partial charge is 0.468 e. The van der Waals surface area contributed by atoms with Crippen molar-refractivity contribution in [1.82, 2.24) is 10.2 Å². The Morgan fingerprint density at radius 3 is 2.48 bits per heavy atom. The highest BCUT2D eigenvalue weighted by molar-refractivity contribution is 5.80. The smallest absolute Gasteiger partial charge is 0.325 e. The van der Waals surface area contributed by atoms with Crippen LogP contribution in [-0.2, 0) is 9.53 Å². The van der Waals surface area contributed by atoms with E-state index in [0.717, 1.165) is 32.4 Å².